The van der Waals surface area contributed by atoms with Crippen LogP contribution in [-0.2, 0) is 6.54 Å². The number of fused-ring (bicyclic) bond motifs is 1. The largest absolute Gasteiger partial charge is 0.497 e. The van der Waals surface area contributed by atoms with Crippen molar-refractivity contribution < 1.29 is 9.47 Å². The molecule has 0 bridgehead atoms. The highest BCUT2D eigenvalue weighted by molar-refractivity contribution is 5.40. The highest BCUT2D eigenvalue weighted by Gasteiger charge is 2.13. The molecule has 1 aliphatic rings. The third kappa shape index (κ3) is 1.82. The molecule has 0 radical (unpaired) electrons. The molecule has 2 rings (SSSR count). The highest BCUT2D eigenvalue weighted by atomic mass is 16.5. The van der Waals surface area contributed by atoms with E-state index in [9.17, 15) is 0 Å². The maximum atomic E-state index is 5.64. The first kappa shape index (κ1) is 9.34. The molecule has 1 heterocycles. The van der Waals surface area contributed by atoms with Gasteiger partial charge in [-0.3, -0.25) is 0 Å². The van der Waals surface area contributed by atoms with E-state index in [-0.39, 0.29) is 0 Å². The smallest absolute Gasteiger partial charge is 0.124 e. The summed E-state index contributed by atoms with van der Waals surface area (Å²) >= 11 is 0. The standard InChI is InChI=1S/C11H15NO2/c1-8-7-14-11-4-3-10(13-2)5-9(11)6-12-8/h3-5,8,12H,6-7H2,1-2H3. The van der Waals surface area contributed by atoms with Crippen LogP contribution in [0, 0.1) is 0 Å². The number of hydrogen-bond acceptors (Lipinski definition) is 3. The van der Waals surface area contributed by atoms with Crippen LogP contribution >= 0.6 is 0 Å². The molecule has 1 atom stereocenters. The molecule has 0 saturated heterocycles. The van der Waals surface area contributed by atoms with E-state index in [0.717, 1.165) is 30.2 Å². The van der Waals surface area contributed by atoms with Crippen LogP contribution < -0.4 is 14.8 Å². The average Bonchev–Trinajstić information content (AvgIpc) is 2.40. The van der Waals surface area contributed by atoms with Gasteiger partial charge in [0.1, 0.15) is 18.1 Å². The van der Waals surface area contributed by atoms with Crippen LogP contribution in [0.5, 0.6) is 11.5 Å². The molecule has 0 spiro atoms. The summed E-state index contributed by atoms with van der Waals surface area (Å²) in [6.45, 7) is 3.68. The van der Waals surface area contributed by atoms with E-state index in [2.05, 4.69) is 12.2 Å². The predicted octanol–water partition coefficient (Wildman–Crippen LogP) is 1.57. The Morgan fingerprint density at radius 2 is 2.36 bits per heavy atom. The third-order valence-corrected chi connectivity index (χ3v) is 2.40. The van der Waals surface area contributed by atoms with Gasteiger partial charge in [-0.1, -0.05) is 0 Å². The summed E-state index contributed by atoms with van der Waals surface area (Å²) in [7, 11) is 1.68. The van der Waals surface area contributed by atoms with Gasteiger partial charge >= 0.3 is 0 Å². The summed E-state index contributed by atoms with van der Waals surface area (Å²) in [6, 6.07) is 6.30. The van der Waals surface area contributed by atoms with Crippen LogP contribution in [0.4, 0.5) is 0 Å². The minimum atomic E-state index is 0.397. The van der Waals surface area contributed by atoms with Gasteiger partial charge in [0.15, 0.2) is 0 Å². The fourth-order valence-corrected chi connectivity index (χ4v) is 1.52. The van der Waals surface area contributed by atoms with Gasteiger partial charge in [-0.25, -0.2) is 0 Å². The van der Waals surface area contributed by atoms with Crippen molar-refractivity contribution in [1.29, 1.82) is 0 Å². The van der Waals surface area contributed by atoms with Gasteiger partial charge in [-0.2, -0.15) is 0 Å². The number of rotatable bonds is 1. The molecule has 3 nitrogen and oxygen atoms in total. The van der Waals surface area contributed by atoms with E-state index in [1.807, 2.05) is 18.2 Å². The van der Waals surface area contributed by atoms with Crippen molar-refractivity contribution >= 4 is 0 Å². The van der Waals surface area contributed by atoms with Gasteiger partial charge in [0.25, 0.3) is 0 Å². The molecule has 14 heavy (non-hydrogen) atoms. The normalized spacial score (nSPS) is 20.6. The lowest BCUT2D eigenvalue weighted by Gasteiger charge is -2.08. The maximum Gasteiger partial charge on any atom is 0.124 e. The quantitative estimate of drug-likeness (QED) is 0.734. The zero-order valence-electron chi connectivity index (χ0n) is 8.54. The summed E-state index contributed by atoms with van der Waals surface area (Å²) in [4.78, 5) is 0. The molecule has 76 valence electrons. The minimum absolute atomic E-state index is 0.397. The van der Waals surface area contributed by atoms with Crippen LogP contribution in [0.2, 0.25) is 0 Å². The molecule has 3 heteroatoms. The Kier molecular flexibility index (Phi) is 2.59. The van der Waals surface area contributed by atoms with Gasteiger partial charge in [0, 0.05) is 18.2 Å². The lowest BCUT2D eigenvalue weighted by atomic mass is 10.2. The van der Waals surface area contributed by atoms with Crippen molar-refractivity contribution in [2.24, 2.45) is 0 Å². The molecule has 1 aliphatic heterocycles. The van der Waals surface area contributed by atoms with Gasteiger partial charge in [0.2, 0.25) is 0 Å². The van der Waals surface area contributed by atoms with E-state index in [0.29, 0.717) is 6.04 Å². The van der Waals surface area contributed by atoms with Gasteiger partial charge in [-0.15, -0.1) is 0 Å². The molecule has 0 aliphatic carbocycles. The second-order valence-corrected chi connectivity index (χ2v) is 3.57. The minimum Gasteiger partial charge on any atom is -0.497 e. The van der Waals surface area contributed by atoms with E-state index < -0.39 is 0 Å². The Labute approximate surface area is 84.0 Å². The van der Waals surface area contributed by atoms with Crippen LogP contribution in [0.25, 0.3) is 0 Å². The van der Waals surface area contributed by atoms with Crippen molar-refractivity contribution in [1.82, 2.24) is 5.32 Å². The number of hydrogen-bond donors (Lipinski definition) is 1. The Morgan fingerprint density at radius 3 is 3.14 bits per heavy atom. The predicted molar refractivity (Wildman–Crippen MR) is 54.8 cm³/mol. The Bertz CT molecular complexity index is 325. The Balaban J connectivity index is 2.27. The van der Waals surface area contributed by atoms with Gasteiger partial charge < -0.3 is 14.8 Å². The third-order valence-electron chi connectivity index (χ3n) is 2.40. The molecule has 0 saturated carbocycles. The molecular formula is C11H15NO2. The summed E-state index contributed by atoms with van der Waals surface area (Å²) in [5.41, 5.74) is 1.16. The first-order valence-electron chi connectivity index (χ1n) is 4.82. The number of ether oxygens (including phenoxy) is 2. The SMILES string of the molecule is COc1ccc2c(c1)CNC(C)CO2. The molecular weight excluding hydrogens is 178 g/mol. The molecule has 1 unspecified atom stereocenters. The van der Waals surface area contributed by atoms with Crippen molar-refractivity contribution in [2.45, 2.75) is 19.5 Å². The fourth-order valence-electron chi connectivity index (χ4n) is 1.52. The zero-order valence-corrected chi connectivity index (χ0v) is 8.54. The van der Waals surface area contributed by atoms with Crippen LogP contribution in [0.1, 0.15) is 12.5 Å². The van der Waals surface area contributed by atoms with E-state index in [1.54, 1.807) is 7.11 Å². The molecule has 0 amide bonds. The van der Waals surface area contributed by atoms with Crippen molar-refractivity contribution in [3.8, 4) is 11.5 Å². The lowest BCUT2D eigenvalue weighted by molar-refractivity contribution is 0.287. The Hall–Kier alpha value is -1.22. The van der Waals surface area contributed by atoms with Crippen molar-refractivity contribution in [2.75, 3.05) is 13.7 Å². The highest BCUT2D eigenvalue weighted by Crippen LogP contribution is 2.25. The van der Waals surface area contributed by atoms with Gasteiger partial charge in [0.05, 0.1) is 7.11 Å². The first-order chi connectivity index (χ1) is 6.79. The molecule has 1 N–H and O–H groups in total. The van der Waals surface area contributed by atoms with Crippen LogP contribution in [0.3, 0.4) is 0 Å². The van der Waals surface area contributed by atoms with Crippen molar-refractivity contribution in [3.05, 3.63) is 23.8 Å². The van der Waals surface area contributed by atoms with Crippen molar-refractivity contribution in [3.63, 3.8) is 0 Å². The average molecular weight is 193 g/mol. The lowest BCUT2D eigenvalue weighted by Crippen LogP contribution is -2.28. The summed E-state index contributed by atoms with van der Waals surface area (Å²) in [5, 5.41) is 3.37. The second-order valence-electron chi connectivity index (χ2n) is 3.57. The number of benzene rings is 1. The van der Waals surface area contributed by atoms with E-state index in [4.69, 9.17) is 9.47 Å². The first-order valence-corrected chi connectivity index (χ1v) is 4.82. The molecule has 1 aromatic carbocycles. The zero-order chi connectivity index (χ0) is 9.97. The number of nitrogens with one attached hydrogen (secondary N) is 1. The number of methoxy groups -OCH3 is 1. The van der Waals surface area contributed by atoms with E-state index in [1.165, 1.54) is 0 Å². The molecule has 0 aromatic heterocycles. The summed E-state index contributed by atoms with van der Waals surface area (Å²) in [6.07, 6.45) is 0. The van der Waals surface area contributed by atoms with E-state index >= 15 is 0 Å². The van der Waals surface area contributed by atoms with Crippen LogP contribution in [-0.4, -0.2) is 19.8 Å². The maximum absolute atomic E-state index is 5.64. The van der Waals surface area contributed by atoms with Gasteiger partial charge in [-0.05, 0) is 25.1 Å². The monoisotopic (exact) mass is 193 g/mol. The molecule has 1 aromatic rings. The topological polar surface area (TPSA) is 30.5 Å². The Morgan fingerprint density at radius 1 is 1.50 bits per heavy atom. The second kappa shape index (κ2) is 3.88. The summed E-state index contributed by atoms with van der Waals surface area (Å²) < 4.78 is 10.8. The van der Waals surface area contributed by atoms with Crippen LogP contribution in [0.15, 0.2) is 18.2 Å². The fraction of sp³-hybridized carbons (Fsp3) is 0.455. The summed E-state index contributed by atoms with van der Waals surface area (Å²) in [5.74, 6) is 1.84. The molecule has 0 fully saturated rings.